The minimum Gasteiger partial charge on any atom is -0.355 e. The summed E-state index contributed by atoms with van der Waals surface area (Å²) in [7, 11) is 0. The van der Waals surface area contributed by atoms with Crippen LogP contribution in [-0.2, 0) is 4.79 Å². The molecule has 3 N–H and O–H groups in total. The highest BCUT2D eigenvalue weighted by molar-refractivity contribution is 6.33. The summed E-state index contributed by atoms with van der Waals surface area (Å²) in [5.74, 6) is 0.389. The normalized spacial score (nSPS) is 26.7. The number of hydrazine groups is 1. The van der Waals surface area contributed by atoms with Crippen molar-refractivity contribution < 1.29 is 9.59 Å². The van der Waals surface area contributed by atoms with Crippen LogP contribution in [0.15, 0.2) is 24.3 Å². The number of halogens is 1. The first-order valence-corrected chi connectivity index (χ1v) is 9.67. The first kappa shape index (κ1) is 19.1. The molecule has 2 atom stereocenters. The average Bonchev–Trinajstić information content (AvgIpc) is 2.97. The standard InChI is InChI=1S/C19H27ClN4O2/c1-12-16(13(2)23-22-12)11-21-18(25)14-7-9-24(10-8-14)19(26)15-5-3-4-6-17(15)20/h3-6,12-14,16,22-23H,7-11H2,1-2H3,(H,21,25). The first-order valence-electron chi connectivity index (χ1n) is 9.30. The number of nitrogens with zero attached hydrogens (tertiary/aromatic N) is 1. The predicted octanol–water partition coefficient (Wildman–Crippen LogP) is 1.81. The van der Waals surface area contributed by atoms with Crippen molar-refractivity contribution >= 4 is 23.4 Å². The minimum atomic E-state index is -0.0554. The van der Waals surface area contributed by atoms with Crippen molar-refractivity contribution in [3.8, 4) is 0 Å². The van der Waals surface area contributed by atoms with Crippen LogP contribution in [0, 0.1) is 11.8 Å². The molecule has 0 saturated carbocycles. The molecule has 2 saturated heterocycles. The van der Waals surface area contributed by atoms with E-state index in [-0.39, 0.29) is 17.7 Å². The number of amides is 2. The molecule has 0 aliphatic carbocycles. The van der Waals surface area contributed by atoms with E-state index < -0.39 is 0 Å². The van der Waals surface area contributed by atoms with Crippen LogP contribution in [0.5, 0.6) is 0 Å². The zero-order valence-electron chi connectivity index (χ0n) is 15.3. The summed E-state index contributed by atoms with van der Waals surface area (Å²) < 4.78 is 0. The fraction of sp³-hybridized carbons (Fsp3) is 0.579. The van der Waals surface area contributed by atoms with Crippen molar-refractivity contribution in [1.29, 1.82) is 0 Å². The number of carbonyl (C=O) groups excluding carboxylic acids is 2. The molecule has 2 amide bonds. The van der Waals surface area contributed by atoms with Crippen molar-refractivity contribution in [3.63, 3.8) is 0 Å². The van der Waals surface area contributed by atoms with E-state index >= 15 is 0 Å². The highest BCUT2D eigenvalue weighted by Gasteiger charge is 2.32. The molecule has 2 heterocycles. The topological polar surface area (TPSA) is 73.5 Å². The number of benzene rings is 1. The van der Waals surface area contributed by atoms with Gasteiger partial charge in [0.2, 0.25) is 5.91 Å². The fourth-order valence-corrected chi connectivity index (χ4v) is 3.99. The third-order valence-corrected chi connectivity index (χ3v) is 5.92. The van der Waals surface area contributed by atoms with Crippen LogP contribution < -0.4 is 16.2 Å². The van der Waals surface area contributed by atoms with Crippen molar-refractivity contribution in [2.24, 2.45) is 11.8 Å². The highest BCUT2D eigenvalue weighted by atomic mass is 35.5. The molecule has 142 valence electrons. The van der Waals surface area contributed by atoms with Crippen LogP contribution in [0.2, 0.25) is 5.02 Å². The Labute approximate surface area is 159 Å². The lowest BCUT2D eigenvalue weighted by molar-refractivity contribution is -0.126. The Morgan fingerprint density at radius 1 is 1.15 bits per heavy atom. The van der Waals surface area contributed by atoms with Gasteiger partial charge in [0, 0.05) is 43.6 Å². The van der Waals surface area contributed by atoms with Crippen LogP contribution in [0.25, 0.3) is 0 Å². The average molecular weight is 379 g/mol. The molecule has 0 spiro atoms. The molecule has 2 unspecified atom stereocenters. The van der Waals surface area contributed by atoms with Gasteiger partial charge in [-0.3, -0.25) is 20.4 Å². The number of piperidine rings is 1. The van der Waals surface area contributed by atoms with Gasteiger partial charge in [0.25, 0.3) is 5.91 Å². The molecule has 1 aromatic carbocycles. The largest absolute Gasteiger partial charge is 0.355 e. The van der Waals surface area contributed by atoms with Crippen LogP contribution in [0.3, 0.4) is 0 Å². The monoisotopic (exact) mass is 378 g/mol. The van der Waals surface area contributed by atoms with E-state index in [0.29, 0.717) is 61.1 Å². The summed E-state index contributed by atoms with van der Waals surface area (Å²) in [5.41, 5.74) is 6.94. The molecular weight excluding hydrogens is 352 g/mol. The van der Waals surface area contributed by atoms with Gasteiger partial charge < -0.3 is 10.2 Å². The van der Waals surface area contributed by atoms with Gasteiger partial charge in [-0.05, 0) is 38.8 Å². The first-order chi connectivity index (χ1) is 12.5. The second kappa shape index (κ2) is 8.37. The molecule has 0 bridgehead atoms. The van der Waals surface area contributed by atoms with Gasteiger partial charge in [0.05, 0.1) is 10.6 Å². The summed E-state index contributed by atoms with van der Waals surface area (Å²) in [6.45, 7) is 6.07. The Bertz CT molecular complexity index is 651. The lowest BCUT2D eigenvalue weighted by Gasteiger charge is -2.32. The summed E-state index contributed by atoms with van der Waals surface area (Å²) in [4.78, 5) is 26.9. The second-order valence-corrected chi connectivity index (χ2v) is 7.73. The van der Waals surface area contributed by atoms with E-state index in [4.69, 9.17) is 11.6 Å². The Balaban J connectivity index is 1.48. The van der Waals surface area contributed by atoms with E-state index in [1.807, 2.05) is 12.1 Å². The molecule has 6 nitrogen and oxygen atoms in total. The van der Waals surface area contributed by atoms with E-state index in [2.05, 4.69) is 30.0 Å². The molecule has 26 heavy (non-hydrogen) atoms. The maximum Gasteiger partial charge on any atom is 0.255 e. The summed E-state index contributed by atoms with van der Waals surface area (Å²) >= 11 is 6.12. The van der Waals surface area contributed by atoms with Gasteiger partial charge in [-0.25, -0.2) is 0 Å². The SMILES string of the molecule is CC1NNC(C)C1CNC(=O)C1CCN(C(=O)c2ccccc2Cl)CC1. The summed E-state index contributed by atoms with van der Waals surface area (Å²) in [6, 6.07) is 7.76. The van der Waals surface area contributed by atoms with Gasteiger partial charge in [-0.1, -0.05) is 23.7 Å². The second-order valence-electron chi connectivity index (χ2n) is 7.32. The maximum atomic E-state index is 12.6. The third kappa shape index (κ3) is 4.19. The molecule has 1 aromatic rings. The Hall–Kier alpha value is -1.63. The lowest BCUT2D eigenvalue weighted by atomic mass is 9.93. The van der Waals surface area contributed by atoms with E-state index in [9.17, 15) is 9.59 Å². The molecular formula is C19H27ClN4O2. The van der Waals surface area contributed by atoms with Crippen LogP contribution in [0.1, 0.15) is 37.0 Å². The number of nitrogens with one attached hydrogen (secondary N) is 3. The van der Waals surface area contributed by atoms with Crippen LogP contribution in [-0.4, -0.2) is 48.4 Å². The molecule has 2 aliphatic rings. The summed E-state index contributed by atoms with van der Waals surface area (Å²) in [5, 5.41) is 3.57. The Morgan fingerprint density at radius 3 is 2.38 bits per heavy atom. The smallest absolute Gasteiger partial charge is 0.255 e. The van der Waals surface area contributed by atoms with E-state index in [1.165, 1.54) is 0 Å². The molecule has 3 rings (SSSR count). The number of likely N-dealkylation sites (tertiary alicyclic amines) is 1. The molecule has 2 aliphatic heterocycles. The van der Waals surface area contributed by atoms with Gasteiger partial charge >= 0.3 is 0 Å². The summed E-state index contributed by atoms with van der Waals surface area (Å²) in [6.07, 6.45) is 1.38. The van der Waals surface area contributed by atoms with Gasteiger partial charge in [0.15, 0.2) is 0 Å². The molecule has 0 radical (unpaired) electrons. The number of carbonyl (C=O) groups is 2. The van der Waals surface area contributed by atoms with Crippen molar-refractivity contribution in [2.75, 3.05) is 19.6 Å². The maximum absolute atomic E-state index is 12.6. The molecule has 2 fully saturated rings. The Morgan fingerprint density at radius 2 is 1.77 bits per heavy atom. The highest BCUT2D eigenvalue weighted by Crippen LogP contribution is 2.23. The number of rotatable bonds is 4. The number of hydrogen-bond acceptors (Lipinski definition) is 4. The zero-order chi connectivity index (χ0) is 18.7. The zero-order valence-corrected chi connectivity index (χ0v) is 16.1. The minimum absolute atomic E-state index is 0.0294. The lowest BCUT2D eigenvalue weighted by Crippen LogP contribution is -2.45. The van der Waals surface area contributed by atoms with Gasteiger partial charge in [-0.2, -0.15) is 0 Å². The quantitative estimate of drug-likeness (QED) is 0.747. The van der Waals surface area contributed by atoms with Crippen LogP contribution >= 0.6 is 11.6 Å². The fourth-order valence-electron chi connectivity index (χ4n) is 3.78. The predicted molar refractivity (Wildman–Crippen MR) is 102 cm³/mol. The third-order valence-electron chi connectivity index (χ3n) is 5.59. The van der Waals surface area contributed by atoms with Crippen molar-refractivity contribution in [1.82, 2.24) is 21.1 Å². The van der Waals surface area contributed by atoms with Crippen molar-refractivity contribution in [3.05, 3.63) is 34.9 Å². The van der Waals surface area contributed by atoms with E-state index in [0.717, 1.165) is 0 Å². The van der Waals surface area contributed by atoms with Crippen LogP contribution in [0.4, 0.5) is 0 Å². The van der Waals surface area contributed by atoms with Gasteiger partial charge in [-0.15, -0.1) is 0 Å². The number of hydrogen-bond donors (Lipinski definition) is 3. The van der Waals surface area contributed by atoms with E-state index in [1.54, 1.807) is 17.0 Å². The molecule has 0 aromatic heterocycles. The molecule has 7 heteroatoms. The van der Waals surface area contributed by atoms with Crippen molar-refractivity contribution in [2.45, 2.75) is 38.8 Å². The van der Waals surface area contributed by atoms with Gasteiger partial charge in [0.1, 0.15) is 0 Å². The Kier molecular flexibility index (Phi) is 6.16.